The maximum atomic E-state index is 14.7. The van der Waals surface area contributed by atoms with E-state index in [1.165, 1.54) is 26.4 Å². The molecule has 6 nitrogen and oxygen atoms in total. The number of aryl methyl sites for hydroxylation is 1. The van der Waals surface area contributed by atoms with Gasteiger partial charge in [0.05, 0.1) is 12.8 Å². The Balaban J connectivity index is 2.40. The fourth-order valence-electron chi connectivity index (χ4n) is 2.82. The first-order valence-corrected chi connectivity index (χ1v) is 12.3. The summed E-state index contributed by atoms with van der Waals surface area (Å²) in [5.74, 6) is -1.14. The summed E-state index contributed by atoms with van der Waals surface area (Å²) >= 11 is 5.10. The second-order valence-electron chi connectivity index (χ2n) is 6.47. The normalized spacial score (nSPS) is 12.5. The van der Waals surface area contributed by atoms with Crippen LogP contribution in [0.1, 0.15) is 34.7 Å². The fraction of sp³-hybridized carbons (Fsp3) is 0.286. The highest BCUT2D eigenvalue weighted by Gasteiger charge is 2.29. The van der Waals surface area contributed by atoms with E-state index in [0.717, 1.165) is 5.56 Å². The summed E-state index contributed by atoms with van der Waals surface area (Å²) in [4.78, 5) is 22.5. The van der Waals surface area contributed by atoms with E-state index in [0.29, 0.717) is 26.0 Å². The van der Waals surface area contributed by atoms with E-state index >= 15 is 0 Å². The van der Waals surface area contributed by atoms with Gasteiger partial charge >= 0.3 is 5.97 Å². The van der Waals surface area contributed by atoms with Crippen molar-refractivity contribution in [2.75, 3.05) is 14.2 Å². The minimum atomic E-state index is -1.76. The molecule has 0 heterocycles. The number of hydrogen-bond acceptors (Lipinski definition) is 6. The van der Waals surface area contributed by atoms with Gasteiger partial charge in [0.25, 0.3) is 0 Å². The summed E-state index contributed by atoms with van der Waals surface area (Å²) in [6, 6.07) is 7.99. The molecule has 2 aromatic carbocycles. The average molecular weight is 782 g/mol. The predicted molar refractivity (Wildman–Crippen MR) is 144 cm³/mol. The zero-order valence-corrected chi connectivity index (χ0v) is 24.0. The molecule has 0 saturated heterocycles. The molecule has 32 heavy (non-hydrogen) atoms. The lowest BCUT2D eigenvalue weighted by molar-refractivity contribution is -0.132. The van der Waals surface area contributed by atoms with Crippen molar-refractivity contribution < 1.29 is 28.0 Å². The van der Waals surface area contributed by atoms with Crippen LogP contribution >= 0.6 is 67.8 Å². The highest BCUT2D eigenvalue weighted by Crippen LogP contribution is 2.43. The summed E-state index contributed by atoms with van der Waals surface area (Å²) in [5, 5.41) is 7.85. The molecule has 0 aliphatic carbocycles. The van der Waals surface area contributed by atoms with Gasteiger partial charge in [0.2, 0.25) is 1.68 Å². The monoisotopic (exact) mass is 782 g/mol. The Labute approximate surface area is 225 Å². The van der Waals surface area contributed by atoms with Crippen molar-refractivity contribution >= 4 is 85.2 Å². The smallest absolute Gasteiger partial charge is 0.360 e. The number of nitrogens with zero attached hydrogens (tertiary/aromatic N) is 2. The molecule has 0 bridgehead atoms. The number of carbonyl (C=O) groups excluding carboxylic acids is 1. The van der Waals surface area contributed by atoms with E-state index in [2.05, 4.69) is 10.3 Å². The third kappa shape index (κ3) is 6.71. The number of methoxy groups -OCH3 is 1. The second kappa shape index (κ2) is 11.9. The number of ether oxygens (including phenoxy) is 1. The third-order valence-electron chi connectivity index (χ3n) is 4.39. The van der Waals surface area contributed by atoms with Gasteiger partial charge in [0.1, 0.15) is 19.5 Å². The summed E-state index contributed by atoms with van der Waals surface area (Å²) in [6.45, 7) is 3.43. The molecule has 0 aliphatic rings. The second-order valence-corrected chi connectivity index (χ2v) is 12.7. The van der Waals surface area contributed by atoms with E-state index in [1.54, 1.807) is 64.2 Å². The van der Waals surface area contributed by atoms with Gasteiger partial charge in [-0.1, -0.05) is 28.5 Å². The fourth-order valence-corrected chi connectivity index (χ4v) is 4.18. The molecule has 0 aromatic heterocycles. The molecule has 172 valence electrons. The number of hydrogen-bond donors (Lipinski definition) is 0. The van der Waals surface area contributed by atoms with Crippen LogP contribution in [0.2, 0.25) is 0 Å². The molecule has 0 aliphatic heterocycles. The van der Waals surface area contributed by atoms with Crippen LogP contribution in [0.15, 0.2) is 40.6 Å². The zero-order chi connectivity index (χ0) is 24.1. The van der Waals surface area contributed by atoms with Crippen molar-refractivity contribution in [3.63, 3.8) is 0 Å². The van der Waals surface area contributed by atoms with E-state index in [-0.39, 0.29) is 17.9 Å². The van der Waals surface area contributed by atoms with Crippen molar-refractivity contribution in [2.24, 2.45) is 10.3 Å². The molecule has 0 spiro atoms. The molecule has 0 N–H and O–H groups in total. The number of alkyl halides is 3. The summed E-state index contributed by atoms with van der Waals surface area (Å²) < 4.78 is 32.2. The van der Waals surface area contributed by atoms with Crippen LogP contribution in [-0.4, -0.2) is 31.6 Å². The number of halogens is 5. The summed E-state index contributed by atoms with van der Waals surface area (Å²) in [6.07, 6.45) is 0. The van der Waals surface area contributed by atoms with Crippen LogP contribution in [0.25, 0.3) is 0 Å². The largest absolute Gasteiger partial charge is 0.464 e. The van der Waals surface area contributed by atoms with E-state index < -0.39 is 13.5 Å². The lowest BCUT2D eigenvalue weighted by atomic mass is 9.99. The zero-order valence-electron chi connectivity index (χ0n) is 17.5. The molecule has 0 amide bonds. The van der Waals surface area contributed by atoms with Gasteiger partial charge in [-0.15, -0.1) is 0 Å². The highest BCUT2D eigenvalue weighted by atomic mass is 127. The van der Waals surface area contributed by atoms with Crippen LogP contribution in [-0.2, 0) is 27.5 Å². The van der Waals surface area contributed by atoms with E-state index in [9.17, 15) is 13.6 Å². The van der Waals surface area contributed by atoms with Gasteiger partial charge in [0, 0.05) is 25.8 Å². The van der Waals surface area contributed by atoms with Crippen molar-refractivity contribution in [1.29, 1.82) is 0 Å². The average Bonchev–Trinajstić information content (AvgIpc) is 2.73. The lowest BCUT2D eigenvalue weighted by Crippen LogP contribution is -2.20. The Kier molecular flexibility index (Phi) is 10.1. The first kappa shape index (κ1) is 27.1. The quantitative estimate of drug-likeness (QED) is 0.106. The van der Waals surface area contributed by atoms with Gasteiger partial charge in [-0.2, -0.15) is 0 Å². The molecule has 11 heteroatoms. The molecule has 0 fully saturated rings. The van der Waals surface area contributed by atoms with Gasteiger partial charge in [-0.25, -0.2) is 13.6 Å². The third-order valence-corrected chi connectivity index (χ3v) is 6.38. The first-order valence-electron chi connectivity index (χ1n) is 9.02. The van der Waals surface area contributed by atoms with Crippen molar-refractivity contribution in [1.82, 2.24) is 0 Å². The van der Waals surface area contributed by atoms with Gasteiger partial charge in [0.15, 0.2) is 5.71 Å². The van der Waals surface area contributed by atoms with Crippen LogP contribution in [0.4, 0.5) is 8.78 Å². The maximum Gasteiger partial charge on any atom is 0.360 e. The Bertz CT molecular complexity index is 1070. The maximum absolute atomic E-state index is 14.7. The summed E-state index contributed by atoms with van der Waals surface area (Å²) in [7, 11) is 2.57. The molecular weight excluding hydrogens is 763 g/mol. The minimum absolute atomic E-state index is 0.0166. The van der Waals surface area contributed by atoms with Gasteiger partial charge < -0.3 is 14.4 Å². The molecule has 0 radical (unpaired) electrons. The Morgan fingerprint density at radius 3 is 2.44 bits per heavy atom. The number of esters is 1. The number of carbonyl (C=O) groups is 1. The van der Waals surface area contributed by atoms with E-state index in [4.69, 9.17) is 14.4 Å². The molecule has 0 saturated carbocycles. The van der Waals surface area contributed by atoms with Crippen LogP contribution < -0.4 is 0 Å². The lowest BCUT2D eigenvalue weighted by Gasteiger charge is -2.17. The Morgan fingerprint density at radius 2 is 1.84 bits per heavy atom. The Hall–Kier alpha value is -1.10. The van der Waals surface area contributed by atoms with Gasteiger partial charge in [-0.05, 0) is 99.3 Å². The van der Waals surface area contributed by atoms with Gasteiger partial charge in [-0.3, -0.25) is 0 Å². The first-order chi connectivity index (χ1) is 15.0. The highest BCUT2D eigenvalue weighted by molar-refractivity contribution is 14.2. The van der Waals surface area contributed by atoms with Crippen molar-refractivity contribution in [3.8, 4) is 0 Å². The van der Waals surface area contributed by atoms with E-state index in [1.807, 2.05) is 35.6 Å². The molecule has 2 rings (SSSR count). The minimum Gasteiger partial charge on any atom is -0.464 e. The molecule has 2 aromatic rings. The van der Waals surface area contributed by atoms with Crippen molar-refractivity contribution in [3.05, 3.63) is 67.5 Å². The van der Waals surface area contributed by atoms with Crippen LogP contribution in [0, 0.1) is 16.3 Å². The molecular formula is C21H19F2I3N2O4. The molecule has 0 atom stereocenters. The summed E-state index contributed by atoms with van der Waals surface area (Å²) in [5.41, 5.74) is 2.81. The number of benzene rings is 2. The van der Waals surface area contributed by atoms with Crippen molar-refractivity contribution in [2.45, 2.75) is 22.1 Å². The van der Waals surface area contributed by atoms with Crippen LogP contribution in [0.3, 0.4) is 0 Å². The molecule has 0 unspecified atom stereocenters. The standard InChI is InChI=1S/C21H19F2I3N2O4/c1-11-6-5-7-13(19(28-31-4)20(29)30-3)15(11)10-32-27-12(2)14-8-17(22)18(24)9-16(14)21(23,25)26/h5-9H,10H2,1-4H3/b27-12+,28-19+. The SMILES string of the molecule is CO/N=C(/C(=O)OC)c1cccc(C)c1CO/N=C(\C)c1cc(F)c(I)cc1C(F)(I)I. The Morgan fingerprint density at radius 1 is 1.16 bits per heavy atom. The topological polar surface area (TPSA) is 69.5 Å². The predicted octanol–water partition coefficient (Wildman–Crippen LogP) is 6.15. The number of rotatable bonds is 8. The van der Waals surface area contributed by atoms with Crippen LogP contribution in [0.5, 0.6) is 0 Å². The number of oxime groups is 2.